The number of nitrogens with one attached hydrogen (secondary N) is 1. The number of hydrogen-bond donors (Lipinski definition) is 1. The summed E-state index contributed by atoms with van der Waals surface area (Å²) in [5, 5.41) is 3.06. The second-order valence-electron chi connectivity index (χ2n) is 5.69. The third-order valence-corrected chi connectivity index (χ3v) is 4.80. The van der Waals surface area contributed by atoms with Gasteiger partial charge in [0.15, 0.2) is 0 Å². The Labute approximate surface area is 135 Å². The summed E-state index contributed by atoms with van der Waals surface area (Å²) in [6.07, 6.45) is 3.04. The lowest BCUT2D eigenvalue weighted by molar-refractivity contribution is 0.0632. The van der Waals surface area contributed by atoms with Gasteiger partial charge in [-0.25, -0.2) is 4.98 Å². The first-order chi connectivity index (χ1) is 10.7. The van der Waals surface area contributed by atoms with Crippen LogP contribution in [0.5, 0.6) is 0 Å². The molecule has 3 heterocycles. The van der Waals surface area contributed by atoms with Crippen molar-refractivity contribution in [3.63, 3.8) is 0 Å². The molecule has 22 heavy (non-hydrogen) atoms. The first kappa shape index (κ1) is 15.2. The van der Waals surface area contributed by atoms with Gasteiger partial charge in [-0.3, -0.25) is 9.69 Å². The molecule has 0 aromatic carbocycles. The van der Waals surface area contributed by atoms with Gasteiger partial charge in [0.2, 0.25) is 0 Å². The van der Waals surface area contributed by atoms with E-state index in [4.69, 9.17) is 0 Å². The van der Waals surface area contributed by atoms with Gasteiger partial charge < -0.3 is 9.88 Å². The van der Waals surface area contributed by atoms with E-state index < -0.39 is 0 Å². The van der Waals surface area contributed by atoms with Crippen LogP contribution in [0.3, 0.4) is 0 Å². The summed E-state index contributed by atoms with van der Waals surface area (Å²) >= 11 is 1.62. The van der Waals surface area contributed by atoms with Gasteiger partial charge in [0.25, 0.3) is 5.91 Å². The van der Waals surface area contributed by atoms with Crippen molar-refractivity contribution in [1.29, 1.82) is 0 Å². The molecule has 0 unspecified atom stereocenters. The summed E-state index contributed by atoms with van der Waals surface area (Å²) in [4.78, 5) is 24.5. The fraction of sp³-hybridized carbons (Fsp3) is 0.500. The highest BCUT2D eigenvalue weighted by atomic mass is 32.1. The average molecular weight is 318 g/mol. The largest absolute Gasteiger partial charge is 0.357 e. The van der Waals surface area contributed by atoms with Crippen LogP contribution in [0.2, 0.25) is 0 Å². The molecular weight excluding hydrogens is 296 g/mol. The standard InChI is InChI=1S/C16H22N4OS/c1-3-4-19-5-7-20(8-6-19)16(21)14-9-13(10-17-14)15-11-22-12(2)18-15/h9-11,17H,3-8H2,1-2H3. The van der Waals surface area contributed by atoms with Crippen LogP contribution in [0.25, 0.3) is 11.3 Å². The Morgan fingerprint density at radius 2 is 2.14 bits per heavy atom. The van der Waals surface area contributed by atoms with Gasteiger partial charge in [0.1, 0.15) is 5.69 Å². The Morgan fingerprint density at radius 3 is 2.77 bits per heavy atom. The molecular formula is C16H22N4OS. The summed E-state index contributed by atoms with van der Waals surface area (Å²) in [5.41, 5.74) is 2.58. The molecule has 1 N–H and O–H groups in total. The molecule has 1 fully saturated rings. The number of aryl methyl sites for hydroxylation is 1. The maximum atomic E-state index is 12.6. The number of thiazole rings is 1. The predicted octanol–water partition coefficient (Wildman–Crippen LogP) is 2.61. The molecule has 2 aromatic rings. The SMILES string of the molecule is CCCN1CCN(C(=O)c2cc(-c3csc(C)n3)c[nH]2)CC1. The molecule has 0 aliphatic carbocycles. The number of carbonyl (C=O) groups excluding carboxylic acids is 1. The zero-order valence-corrected chi connectivity index (χ0v) is 13.9. The molecule has 118 valence electrons. The minimum Gasteiger partial charge on any atom is -0.357 e. The Morgan fingerprint density at radius 1 is 1.36 bits per heavy atom. The first-order valence-electron chi connectivity index (χ1n) is 7.80. The van der Waals surface area contributed by atoms with E-state index in [-0.39, 0.29) is 5.91 Å². The van der Waals surface area contributed by atoms with Crippen molar-refractivity contribution in [3.8, 4) is 11.3 Å². The number of hydrogen-bond acceptors (Lipinski definition) is 4. The minimum atomic E-state index is 0.0920. The van der Waals surface area contributed by atoms with E-state index in [1.807, 2.05) is 29.5 Å². The smallest absolute Gasteiger partial charge is 0.270 e. The highest BCUT2D eigenvalue weighted by Crippen LogP contribution is 2.23. The molecule has 1 aliphatic rings. The molecule has 6 heteroatoms. The average Bonchev–Trinajstić information content (AvgIpc) is 3.16. The monoisotopic (exact) mass is 318 g/mol. The van der Waals surface area contributed by atoms with E-state index in [0.717, 1.165) is 49.0 Å². The van der Waals surface area contributed by atoms with E-state index in [1.54, 1.807) is 11.3 Å². The Bertz CT molecular complexity index is 640. The summed E-state index contributed by atoms with van der Waals surface area (Å²) in [5.74, 6) is 0.0920. The number of amides is 1. The van der Waals surface area contributed by atoms with Gasteiger partial charge in [-0.1, -0.05) is 6.92 Å². The van der Waals surface area contributed by atoms with Crippen molar-refractivity contribution in [2.24, 2.45) is 0 Å². The molecule has 0 radical (unpaired) electrons. The fourth-order valence-electron chi connectivity index (χ4n) is 2.82. The summed E-state index contributed by atoms with van der Waals surface area (Å²) in [6, 6.07) is 1.91. The number of carbonyl (C=O) groups is 1. The fourth-order valence-corrected chi connectivity index (χ4v) is 3.44. The van der Waals surface area contributed by atoms with Crippen molar-refractivity contribution < 1.29 is 4.79 Å². The van der Waals surface area contributed by atoms with E-state index >= 15 is 0 Å². The Kier molecular flexibility index (Phi) is 4.59. The molecule has 2 aromatic heterocycles. The number of aromatic nitrogens is 2. The van der Waals surface area contributed by atoms with Crippen LogP contribution in [0.15, 0.2) is 17.6 Å². The molecule has 0 saturated carbocycles. The second-order valence-corrected chi connectivity index (χ2v) is 6.75. The molecule has 5 nitrogen and oxygen atoms in total. The number of H-pyrrole nitrogens is 1. The second kappa shape index (κ2) is 6.62. The zero-order chi connectivity index (χ0) is 15.5. The van der Waals surface area contributed by atoms with Gasteiger partial charge in [-0.15, -0.1) is 11.3 Å². The molecule has 0 spiro atoms. The summed E-state index contributed by atoms with van der Waals surface area (Å²) < 4.78 is 0. The third-order valence-electron chi connectivity index (χ3n) is 4.03. The lowest BCUT2D eigenvalue weighted by Gasteiger charge is -2.34. The van der Waals surface area contributed by atoms with Crippen LogP contribution in [0.4, 0.5) is 0 Å². The van der Waals surface area contributed by atoms with Crippen LogP contribution in [-0.2, 0) is 0 Å². The highest BCUT2D eigenvalue weighted by molar-refractivity contribution is 7.09. The van der Waals surface area contributed by atoms with Gasteiger partial charge >= 0.3 is 0 Å². The van der Waals surface area contributed by atoms with Crippen LogP contribution in [0.1, 0.15) is 28.8 Å². The summed E-state index contributed by atoms with van der Waals surface area (Å²) in [7, 11) is 0. The zero-order valence-electron chi connectivity index (χ0n) is 13.1. The van der Waals surface area contributed by atoms with Gasteiger partial charge in [-0.2, -0.15) is 0 Å². The predicted molar refractivity (Wildman–Crippen MR) is 89.3 cm³/mol. The van der Waals surface area contributed by atoms with E-state index in [2.05, 4.69) is 21.8 Å². The van der Waals surface area contributed by atoms with Crippen LogP contribution < -0.4 is 0 Å². The van der Waals surface area contributed by atoms with Crippen molar-refractivity contribution in [2.75, 3.05) is 32.7 Å². The van der Waals surface area contributed by atoms with Crippen molar-refractivity contribution in [1.82, 2.24) is 19.8 Å². The van der Waals surface area contributed by atoms with Gasteiger partial charge in [0, 0.05) is 43.3 Å². The van der Waals surface area contributed by atoms with Crippen LogP contribution >= 0.6 is 11.3 Å². The normalized spacial score (nSPS) is 16.2. The third kappa shape index (κ3) is 3.23. The van der Waals surface area contributed by atoms with Crippen molar-refractivity contribution in [3.05, 3.63) is 28.3 Å². The van der Waals surface area contributed by atoms with E-state index in [1.165, 1.54) is 6.42 Å². The maximum absolute atomic E-state index is 12.6. The molecule has 1 aliphatic heterocycles. The van der Waals surface area contributed by atoms with Crippen molar-refractivity contribution >= 4 is 17.2 Å². The lowest BCUT2D eigenvalue weighted by atomic mass is 10.2. The van der Waals surface area contributed by atoms with E-state index in [9.17, 15) is 4.79 Å². The molecule has 0 bridgehead atoms. The molecule has 1 saturated heterocycles. The van der Waals surface area contributed by atoms with Crippen LogP contribution in [-0.4, -0.2) is 58.4 Å². The Balaban J connectivity index is 1.65. The quantitative estimate of drug-likeness (QED) is 0.943. The first-order valence-corrected chi connectivity index (χ1v) is 8.68. The highest BCUT2D eigenvalue weighted by Gasteiger charge is 2.22. The molecule has 1 amide bonds. The minimum absolute atomic E-state index is 0.0920. The van der Waals surface area contributed by atoms with E-state index in [0.29, 0.717) is 5.69 Å². The number of piperazine rings is 1. The molecule has 0 atom stereocenters. The van der Waals surface area contributed by atoms with Crippen LogP contribution in [0, 0.1) is 6.92 Å². The number of nitrogens with zero attached hydrogens (tertiary/aromatic N) is 3. The van der Waals surface area contributed by atoms with Gasteiger partial charge in [-0.05, 0) is 26.0 Å². The Hall–Kier alpha value is -1.66. The lowest BCUT2D eigenvalue weighted by Crippen LogP contribution is -2.48. The number of rotatable bonds is 4. The maximum Gasteiger partial charge on any atom is 0.270 e. The molecule has 3 rings (SSSR count). The topological polar surface area (TPSA) is 52.2 Å². The summed E-state index contributed by atoms with van der Waals surface area (Å²) in [6.45, 7) is 8.86. The number of aromatic amines is 1. The van der Waals surface area contributed by atoms with Gasteiger partial charge in [0.05, 0.1) is 10.7 Å². The van der Waals surface area contributed by atoms with Crippen molar-refractivity contribution in [2.45, 2.75) is 20.3 Å².